The van der Waals surface area contributed by atoms with Gasteiger partial charge in [0.05, 0.1) is 20.1 Å². The number of carbonyl (C=O) groups excluding carboxylic acids is 1. The van der Waals surface area contributed by atoms with Crippen molar-refractivity contribution in [3.8, 4) is 6.01 Å². The van der Waals surface area contributed by atoms with Crippen molar-refractivity contribution in [3.05, 3.63) is 45.9 Å². The standard InChI is InChI=1S/C33H50N8O4/c1-4-5-21-45-32-36-30(34)29-31(37-32)41(33(43)35-29)16-6-15-40(23-25-9-7-24(8-10-25)22-28(42)44-3)27-13-19-39(20-14-27)26-11-17-38(2)18-12-26/h7-10,26-27H,4-6,11-23H2,1-3H3,(H,35,43)(H2,34,36,37). The number of nitrogens with one attached hydrogen (secondary N) is 1. The number of aromatic amines is 1. The molecule has 2 aliphatic heterocycles. The van der Waals surface area contributed by atoms with Crippen LogP contribution in [0.2, 0.25) is 0 Å². The van der Waals surface area contributed by atoms with Gasteiger partial charge >= 0.3 is 17.7 Å². The summed E-state index contributed by atoms with van der Waals surface area (Å²) in [4.78, 5) is 44.0. The molecule has 0 spiro atoms. The van der Waals surface area contributed by atoms with E-state index in [4.69, 9.17) is 15.2 Å². The first-order chi connectivity index (χ1) is 21.8. The molecule has 4 heterocycles. The van der Waals surface area contributed by atoms with Crippen molar-refractivity contribution >= 4 is 23.0 Å². The molecule has 12 heteroatoms. The van der Waals surface area contributed by atoms with Gasteiger partial charge in [0.1, 0.15) is 5.52 Å². The quantitative estimate of drug-likeness (QED) is 0.204. The van der Waals surface area contributed by atoms with Crippen LogP contribution >= 0.6 is 0 Å². The number of unbranched alkanes of at least 4 members (excludes halogenated alkanes) is 1. The van der Waals surface area contributed by atoms with Crippen molar-refractivity contribution < 1.29 is 14.3 Å². The van der Waals surface area contributed by atoms with Gasteiger partial charge in [-0.05, 0) is 82.9 Å². The molecule has 2 saturated heterocycles. The van der Waals surface area contributed by atoms with Gasteiger partial charge in [-0.3, -0.25) is 14.3 Å². The van der Waals surface area contributed by atoms with E-state index in [0.29, 0.717) is 36.4 Å². The maximum Gasteiger partial charge on any atom is 0.327 e. The highest BCUT2D eigenvalue weighted by molar-refractivity contribution is 5.81. The summed E-state index contributed by atoms with van der Waals surface area (Å²) < 4.78 is 12.2. The molecular weight excluding hydrogens is 572 g/mol. The molecule has 3 N–H and O–H groups in total. The molecule has 2 aliphatic rings. The number of likely N-dealkylation sites (tertiary alicyclic amines) is 2. The lowest BCUT2D eigenvalue weighted by atomic mass is 9.96. The molecule has 45 heavy (non-hydrogen) atoms. The van der Waals surface area contributed by atoms with Crippen molar-refractivity contribution in [3.63, 3.8) is 0 Å². The zero-order valence-electron chi connectivity index (χ0n) is 27.2. The van der Waals surface area contributed by atoms with Crippen molar-refractivity contribution in [2.75, 3.05) is 59.2 Å². The predicted octanol–water partition coefficient (Wildman–Crippen LogP) is 3.05. The van der Waals surface area contributed by atoms with Crippen LogP contribution in [-0.4, -0.2) is 106 Å². The lowest BCUT2D eigenvalue weighted by molar-refractivity contribution is -0.139. The number of H-pyrrole nitrogens is 1. The smallest absolute Gasteiger partial charge is 0.327 e. The zero-order valence-corrected chi connectivity index (χ0v) is 27.2. The number of fused-ring (bicyclic) bond motifs is 1. The summed E-state index contributed by atoms with van der Waals surface area (Å²) in [7, 11) is 3.63. The van der Waals surface area contributed by atoms with Gasteiger partial charge in [-0.15, -0.1) is 0 Å². The van der Waals surface area contributed by atoms with Gasteiger partial charge < -0.3 is 30.0 Å². The highest BCUT2D eigenvalue weighted by atomic mass is 16.5. The molecule has 2 aromatic heterocycles. The van der Waals surface area contributed by atoms with Crippen LogP contribution in [0.15, 0.2) is 29.1 Å². The van der Waals surface area contributed by atoms with Crippen LogP contribution in [0.4, 0.5) is 5.82 Å². The molecule has 12 nitrogen and oxygen atoms in total. The van der Waals surface area contributed by atoms with Crippen molar-refractivity contribution in [1.29, 1.82) is 0 Å². The van der Waals surface area contributed by atoms with E-state index in [0.717, 1.165) is 63.8 Å². The summed E-state index contributed by atoms with van der Waals surface area (Å²) in [6, 6.07) is 9.61. The van der Waals surface area contributed by atoms with Crippen molar-refractivity contribution in [2.45, 2.75) is 83.5 Å². The lowest BCUT2D eigenvalue weighted by Crippen LogP contribution is -2.50. The first-order valence-corrected chi connectivity index (χ1v) is 16.5. The number of hydrogen-bond donors (Lipinski definition) is 2. The van der Waals surface area contributed by atoms with Gasteiger partial charge in [-0.25, -0.2) is 4.79 Å². The Morgan fingerprint density at radius 1 is 1.04 bits per heavy atom. The number of rotatable bonds is 14. The SMILES string of the molecule is CCCCOc1nc(N)c2[nH]c(=O)n(CCCN(Cc3ccc(CC(=O)OC)cc3)C3CCN(C4CCN(C)CC4)CC3)c2n1. The molecule has 5 rings (SSSR count). The number of benzene rings is 1. The fourth-order valence-electron chi connectivity index (χ4n) is 6.65. The average molecular weight is 623 g/mol. The number of methoxy groups -OCH3 is 1. The average Bonchev–Trinajstić information content (AvgIpc) is 3.37. The second-order valence-corrected chi connectivity index (χ2v) is 12.6. The van der Waals surface area contributed by atoms with Gasteiger partial charge in [0.25, 0.3) is 0 Å². The minimum Gasteiger partial charge on any atom is -0.469 e. The van der Waals surface area contributed by atoms with Crippen LogP contribution in [0.25, 0.3) is 11.2 Å². The maximum atomic E-state index is 13.0. The summed E-state index contributed by atoms with van der Waals surface area (Å²) in [5.74, 6) is -0.0177. The molecule has 0 saturated carbocycles. The summed E-state index contributed by atoms with van der Waals surface area (Å²) in [6.07, 6.45) is 7.69. The van der Waals surface area contributed by atoms with Crippen LogP contribution in [0.1, 0.15) is 63.0 Å². The molecule has 0 atom stereocenters. The van der Waals surface area contributed by atoms with E-state index >= 15 is 0 Å². The number of imidazole rings is 1. The van der Waals surface area contributed by atoms with Crippen LogP contribution in [0, 0.1) is 0 Å². The number of hydrogen-bond acceptors (Lipinski definition) is 10. The van der Waals surface area contributed by atoms with E-state index in [9.17, 15) is 9.59 Å². The van der Waals surface area contributed by atoms with Crippen molar-refractivity contribution in [2.24, 2.45) is 0 Å². The molecule has 3 aromatic rings. The molecule has 0 radical (unpaired) electrons. The van der Waals surface area contributed by atoms with Crippen LogP contribution in [0.3, 0.4) is 0 Å². The number of esters is 1. The predicted molar refractivity (Wildman–Crippen MR) is 175 cm³/mol. The second kappa shape index (κ2) is 15.7. The molecule has 0 amide bonds. The highest BCUT2D eigenvalue weighted by Gasteiger charge is 2.30. The van der Waals surface area contributed by atoms with E-state index in [2.05, 4.69) is 55.8 Å². The Balaban J connectivity index is 1.27. The number of ether oxygens (including phenoxy) is 2. The highest BCUT2D eigenvalue weighted by Crippen LogP contribution is 2.25. The second-order valence-electron chi connectivity index (χ2n) is 12.6. The first-order valence-electron chi connectivity index (χ1n) is 16.5. The van der Waals surface area contributed by atoms with Crippen LogP contribution in [0.5, 0.6) is 6.01 Å². The van der Waals surface area contributed by atoms with Crippen LogP contribution < -0.4 is 16.2 Å². The number of nitrogens with zero attached hydrogens (tertiary/aromatic N) is 6. The van der Waals surface area contributed by atoms with Gasteiger partial charge in [0.15, 0.2) is 11.5 Å². The Kier molecular flexibility index (Phi) is 11.5. The Morgan fingerprint density at radius 3 is 2.44 bits per heavy atom. The van der Waals surface area contributed by atoms with E-state index < -0.39 is 0 Å². The zero-order chi connectivity index (χ0) is 31.8. The normalized spacial score (nSPS) is 17.3. The van der Waals surface area contributed by atoms with Crippen molar-refractivity contribution in [1.82, 2.24) is 34.2 Å². The molecule has 1 aromatic carbocycles. The molecule has 2 fully saturated rings. The third kappa shape index (κ3) is 8.62. The Hall–Kier alpha value is -3.48. The fraction of sp³-hybridized carbons (Fsp3) is 0.636. The van der Waals surface area contributed by atoms with Gasteiger partial charge in [-0.1, -0.05) is 37.6 Å². The first kappa shape index (κ1) is 32.9. The van der Waals surface area contributed by atoms with Gasteiger partial charge in [0.2, 0.25) is 0 Å². The number of carbonyl (C=O) groups is 1. The number of nitrogen functional groups attached to an aromatic ring is 1. The maximum absolute atomic E-state index is 13.0. The topological polar surface area (TPSA) is 135 Å². The third-order valence-corrected chi connectivity index (χ3v) is 9.39. The van der Waals surface area contributed by atoms with E-state index in [-0.39, 0.29) is 29.9 Å². The minimum absolute atomic E-state index is 0.204. The Morgan fingerprint density at radius 2 is 1.76 bits per heavy atom. The Labute approximate surface area is 265 Å². The number of nitrogens with two attached hydrogens (primary N) is 1. The number of aryl methyl sites for hydroxylation is 1. The van der Waals surface area contributed by atoms with E-state index in [1.165, 1.54) is 38.6 Å². The minimum atomic E-state index is -0.240. The summed E-state index contributed by atoms with van der Waals surface area (Å²) in [6.45, 7) is 9.34. The summed E-state index contributed by atoms with van der Waals surface area (Å²) in [5, 5.41) is 0. The number of anilines is 1. The molecule has 0 aliphatic carbocycles. The van der Waals surface area contributed by atoms with Gasteiger partial charge in [-0.2, -0.15) is 9.97 Å². The molecule has 246 valence electrons. The number of aromatic nitrogens is 4. The van der Waals surface area contributed by atoms with Gasteiger partial charge in [0, 0.05) is 31.7 Å². The Bertz CT molecular complexity index is 1440. The summed E-state index contributed by atoms with van der Waals surface area (Å²) in [5.41, 5.74) is 9.02. The third-order valence-electron chi connectivity index (χ3n) is 9.39. The summed E-state index contributed by atoms with van der Waals surface area (Å²) >= 11 is 0. The largest absolute Gasteiger partial charge is 0.469 e. The van der Waals surface area contributed by atoms with E-state index in [1.54, 1.807) is 4.57 Å². The molecule has 0 unspecified atom stereocenters. The lowest BCUT2D eigenvalue weighted by Gasteiger charge is -2.43. The van der Waals surface area contributed by atoms with E-state index in [1.807, 2.05) is 12.1 Å². The van der Waals surface area contributed by atoms with Crippen LogP contribution in [-0.2, 0) is 29.0 Å². The molecule has 0 bridgehead atoms. The fourth-order valence-corrected chi connectivity index (χ4v) is 6.65. The number of piperidine rings is 2. The molecular formula is C33H50N8O4. The monoisotopic (exact) mass is 622 g/mol.